The van der Waals surface area contributed by atoms with E-state index in [0.717, 1.165) is 6.54 Å². The minimum atomic E-state index is 0.291. The third-order valence-electron chi connectivity index (χ3n) is 2.58. The Kier molecular flexibility index (Phi) is 6.54. The molecule has 0 rings (SSSR count). The molecular formula is C11H25N3. The van der Waals surface area contributed by atoms with Gasteiger partial charge in [-0.1, -0.05) is 13.3 Å². The van der Waals surface area contributed by atoms with Crippen LogP contribution in [0.15, 0.2) is 0 Å². The van der Waals surface area contributed by atoms with Gasteiger partial charge in [-0.15, -0.1) is 0 Å². The summed E-state index contributed by atoms with van der Waals surface area (Å²) in [7, 11) is 0. The Hall–Kier alpha value is -0.570. The lowest BCUT2D eigenvalue weighted by Gasteiger charge is -2.32. The van der Waals surface area contributed by atoms with E-state index >= 15 is 0 Å². The van der Waals surface area contributed by atoms with Crippen LogP contribution in [-0.2, 0) is 0 Å². The minimum Gasteiger partial charge on any atom is -0.388 e. The predicted molar refractivity (Wildman–Crippen MR) is 62.7 cm³/mol. The van der Waals surface area contributed by atoms with Gasteiger partial charge in [-0.05, 0) is 27.2 Å². The Bertz CT molecular complexity index is 166. The van der Waals surface area contributed by atoms with Gasteiger partial charge >= 0.3 is 0 Å². The molecule has 0 spiro atoms. The quantitative estimate of drug-likeness (QED) is 0.488. The van der Waals surface area contributed by atoms with Crippen LogP contribution in [0.5, 0.6) is 0 Å². The van der Waals surface area contributed by atoms with Crippen molar-refractivity contribution in [3.05, 3.63) is 0 Å². The van der Waals surface area contributed by atoms with E-state index in [9.17, 15) is 0 Å². The van der Waals surface area contributed by atoms with Crippen LogP contribution in [0.2, 0.25) is 0 Å². The number of nitrogens with two attached hydrogens (primary N) is 1. The van der Waals surface area contributed by atoms with Crippen LogP contribution >= 0.6 is 0 Å². The summed E-state index contributed by atoms with van der Waals surface area (Å²) in [6.45, 7) is 9.77. The number of hydrogen-bond donors (Lipinski definition) is 2. The molecule has 1 atom stereocenters. The summed E-state index contributed by atoms with van der Waals surface area (Å²) in [6, 6.07) is 1.13. The van der Waals surface area contributed by atoms with Gasteiger partial charge in [-0.25, -0.2) is 0 Å². The predicted octanol–water partition coefficient (Wildman–Crippen LogP) is 2.21. The van der Waals surface area contributed by atoms with Crippen molar-refractivity contribution in [1.29, 1.82) is 5.41 Å². The second-order valence-electron chi connectivity index (χ2n) is 4.24. The molecule has 0 saturated carbocycles. The first-order chi connectivity index (χ1) is 6.49. The van der Waals surface area contributed by atoms with Gasteiger partial charge in [0, 0.05) is 25.0 Å². The molecule has 14 heavy (non-hydrogen) atoms. The molecule has 0 aromatic heterocycles. The van der Waals surface area contributed by atoms with E-state index in [1.807, 2.05) is 0 Å². The summed E-state index contributed by atoms with van der Waals surface area (Å²) in [4.78, 5) is 2.42. The lowest BCUT2D eigenvalue weighted by Crippen LogP contribution is -2.40. The van der Waals surface area contributed by atoms with Crippen LogP contribution in [0, 0.1) is 5.41 Å². The van der Waals surface area contributed by atoms with E-state index in [0.29, 0.717) is 24.3 Å². The summed E-state index contributed by atoms with van der Waals surface area (Å²) in [5.41, 5.74) is 5.37. The molecule has 0 aromatic carbocycles. The van der Waals surface area contributed by atoms with E-state index in [2.05, 4.69) is 32.6 Å². The molecule has 3 heteroatoms. The molecule has 1 unspecified atom stereocenters. The van der Waals surface area contributed by atoms with E-state index in [1.54, 1.807) is 0 Å². The Labute approximate surface area is 88.2 Å². The minimum absolute atomic E-state index is 0.291. The monoisotopic (exact) mass is 199 g/mol. The number of rotatable bonds is 7. The first kappa shape index (κ1) is 13.4. The molecule has 0 radical (unpaired) electrons. The normalized spacial score (nSPS) is 13.6. The average Bonchev–Trinajstić information content (AvgIpc) is 2.03. The maximum Gasteiger partial charge on any atom is 0.0918 e. The number of amidine groups is 1. The number of nitrogens with zero attached hydrogens (tertiary/aromatic N) is 1. The van der Waals surface area contributed by atoms with Crippen molar-refractivity contribution in [2.45, 2.75) is 59.0 Å². The molecule has 84 valence electrons. The van der Waals surface area contributed by atoms with Crippen molar-refractivity contribution in [3.63, 3.8) is 0 Å². The van der Waals surface area contributed by atoms with Gasteiger partial charge in [0.05, 0.1) is 5.84 Å². The number of nitrogens with one attached hydrogen (secondary N) is 1. The Morgan fingerprint density at radius 2 is 1.93 bits per heavy atom. The molecule has 0 amide bonds. The fourth-order valence-corrected chi connectivity index (χ4v) is 1.82. The van der Waals surface area contributed by atoms with Crippen LogP contribution < -0.4 is 5.73 Å². The van der Waals surface area contributed by atoms with Crippen LogP contribution in [0.3, 0.4) is 0 Å². The Balaban J connectivity index is 4.07. The fourth-order valence-electron chi connectivity index (χ4n) is 1.82. The van der Waals surface area contributed by atoms with Gasteiger partial charge in [0.15, 0.2) is 0 Å². The van der Waals surface area contributed by atoms with E-state index in [-0.39, 0.29) is 0 Å². The van der Waals surface area contributed by atoms with Crippen molar-refractivity contribution in [1.82, 2.24) is 4.90 Å². The van der Waals surface area contributed by atoms with Gasteiger partial charge in [0.2, 0.25) is 0 Å². The van der Waals surface area contributed by atoms with Crippen molar-refractivity contribution in [2.75, 3.05) is 6.54 Å². The molecule has 0 fully saturated rings. The highest BCUT2D eigenvalue weighted by molar-refractivity contribution is 5.76. The molecule has 0 aliphatic heterocycles. The lowest BCUT2D eigenvalue weighted by atomic mass is 10.1. The highest BCUT2D eigenvalue weighted by Gasteiger charge is 2.15. The molecule has 0 saturated heterocycles. The molecule has 3 nitrogen and oxygen atoms in total. The molecule has 0 heterocycles. The molecular weight excluding hydrogens is 174 g/mol. The van der Waals surface area contributed by atoms with Crippen LogP contribution in [0.1, 0.15) is 47.0 Å². The zero-order valence-corrected chi connectivity index (χ0v) is 10.0. The summed E-state index contributed by atoms with van der Waals surface area (Å²) in [6.07, 6.45) is 3.12. The lowest BCUT2D eigenvalue weighted by molar-refractivity contribution is 0.160. The molecule has 0 aromatic rings. The maximum atomic E-state index is 7.22. The molecule has 0 bridgehead atoms. The highest BCUT2D eigenvalue weighted by atomic mass is 15.2. The number of hydrogen-bond acceptors (Lipinski definition) is 2. The highest BCUT2D eigenvalue weighted by Crippen LogP contribution is 2.10. The maximum absolute atomic E-state index is 7.22. The van der Waals surface area contributed by atoms with E-state index in [1.165, 1.54) is 12.8 Å². The molecule has 0 aliphatic rings. The summed E-state index contributed by atoms with van der Waals surface area (Å²) in [5.74, 6) is 0.291. The average molecular weight is 199 g/mol. The summed E-state index contributed by atoms with van der Waals surface area (Å²) < 4.78 is 0. The van der Waals surface area contributed by atoms with Crippen LogP contribution in [0.25, 0.3) is 0 Å². The zero-order chi connectivity index (χ0) is 11.1. The van der Waals surface area contributed by atoms with Crippen molar-refractivity contribution < 1.29 is 0 Å². The summed E-state index contributed by atoms with van der Waals surface area (Å²) >= 11 is 0. The largest absolute Gasteiger partial charge is 0.388 e. The van der Waals surface area contributed by atoms with Gasteiger partial charge in [0.25, 0.3) is 0 Å². The van der Waals surface area contributed by atoms with Crippen LogP contribution in [-0.4, -0.2) is 29.4 Å². The van der Waals surface area contributed by atoms with Crippen molar-refractivity contribution in [3.8, 4) is 0 Å². The standard InChI is InChI=1S/C11H25N3/c1-5-6-10(4)14(9(2)3)8-7-11(12)13/h9-10H,5-8H2,1-4H3,(H3,12,13). The first-order valence-corrected chi connectivity index (χ1v) is 5.57. The Morgan fingerprint density at radius 3 is 2.29 bits per heavy atom. The third-order valence-corrected chi connectivity index (χ3v) is 2.58. The summed E-state index contributed by atoms with van der Waals surface area (Å²) in [5, 5.41) is 7.22. The van der Waals surface area contributed by atoms with Crippen LogP contribution in [0.4, 0.5) is 0 Å². The first-order valence-electron chi connectivity index (χ1n) is 5.57. The van der Waals surface area contributed by atoms with Crippen molar-refractivity contribution in [2.24, 2.45) is 5.73 Å². The van der Waals surface area contributed by atoms with Gasteiger partial charge in [0.1, 0.15) is 0 Å². The molecule has 0 aliphatic carbocycles. The SMILES string of the molecule is CCCC(C)N(CCC(=N)N)C(C)C. The Morgan fingerprint density at radius 1 is 1.36 bits per heavy atom. The van der Waals surface area contributed by atoms with Gasteiger partial charge < -0.3 is 5.73 Å². The third kappa shape index (κ3) is 5.22. The zero-order valence-electron chi connectivity index (χ0n) is 10.0. The molecule has 3 N–H and O–H groups in total. The van der Waals surface area contributed by atoms with E-state index < -0.39 is 0 Å². The second kappa shape index (κ2) is 6.82. The smallest absolute Gasteiger partial charge is 0.0918 e. The fraction of sp³-hybridized carbons (Fsp3) is 0.909. The van der Waals surface area contributed by atoms with Crippen molar-refractivity contribution >= 4 is 5.84 Å². The second-order valence-corrected chi connectivity index (χ2v) is 4.24. The van der Waals surface area contributed by atoms with E-state index in [4.69, 9.17) is 11.1 Å². The van der Waals surface area contributed by atoms with Gasteiger partial charge in [-0.3, -0.25) is 10.3 Å². The van der Waals surface area contributed by atoms with Gasteiger partial charge in [-0.2, -0.15) is 0 Å². The topological polar surface area (TPSA) is 53.1 Å².